The fourth-order valence-electron chi connectivity index (χ4n) is 11.8. The highest BCUT2D eigenvalue weighted by atomic mass is 32.2. The number of thioether (sulfide) groups is 1. The summed E-state index contributed by atoms with van der Waals surface area (Å²) in [6.07, 6.45) is 17.0. The number of hydrogen-bond donors (Lipinski definition) is 0. The Hall–Kier alpha value is -4.15. The fraction of sp³-hybridized carbons (Fsp3) is 0.400. The van der Waals surface area contributed by atoms with Crippen LogP contribution < -0.4 is 14.2 Å². The van der Waals surface area contributed by atoms with Gasteiger partial charge in [0.05, 0.1) is 14.2 Å². The molecule has 0 atom stereocenters. The second kappa shape index (κ2) is 13.0. The van der Waals surface area contributed by atoms with Crippen LogP contribution in [0.1, 0.15) is 118 Å². The molecule has 5 aromatic rings. The topological polar surface area (TPSA) is 27.7 Å². The van der Waals surface area contributed by atoms with Crippen molar-refractivity contribution < 1.29 is 14.2 Å². The maximum Gasteiger partial charge on any atom is 0.178 e. The summed E-state index contributed by atoms with van der Waals surface area (Å²) in [5, 5.41) is 2.56. The Labute approximate surface area is 326 Å². The summed E-state index contributed by atoms with van der Waals surface area (Å²) in [5.41, 5.74) is 10.1. The number of rotatable bonds is 6. The molecule has 3 aliphatic carbocycles. The number of hydrogen-bond acceptors (Lipinski definition) is 4. The normalized spacial score (nSPS) is 20.2. The molecule has 0 radical (unpaired) electrons. The lowest BCUT2D eigenvalue weighted by atomic mass is 9.52. The van der Waals surface area contributed by atoms with Crippen molar-refractivity contribution in [1.29, 1.82) is 0 Å². The van der Waals surface area contributed by atoms with Gasteiger partial charge in [-0.05, 0) is 131 Å². The SMILES string of the molecule is COc1ccc(C2(c3ccc(OC)cc3)C=Cc3c4c(c5cc(C6CCCCC6)c(SC)cc5c3O2)-c2ccccc2C42CC(C)(C)CC(C)(C)C2)cc1. The van der Waals surface area contributed by atoms with Gasteiger partial charge in [0.25, 0.3) is 0 Å². The Morgan fingerprint density at radius 3 is 1.91 bits per heavy atom. The second-order valence-electron chi connectivity index (χ2n) is 18.1. The zero-order chi connectivity index (χ0) is 37.5. The van der Waals surface area contributed by atoms with Gasteiger partial charge in [0, 0.05) is 32.4 Å². The van der Waals surface area contributed by atoms with Crippen LogP contribution in [0.25, 0.3) is 28.0 Å². The lowest BCUT2D eigenvalue weighted by Crippen LogP contribution is -2.44. The first kappa shape index (κ1) is 35.5. The molecule has 278 valence electrons. The van der Waals surface area contributed by atoms with Gasteiger partial charge in [-0.15, -0.1) is 11.8 Å². The fourth-order valence-corrected chi connectivity index (χ4v) is 12.5. The first-order chi connectivity index (χ1) is 26.0. The van der Waals surface area contributed by atoms with Crippen molar-refractivity contribution >= 4 is 28.6 Å². The lowest BCUT2D eigenvalue weighted by Gasteiger charge is -2.52. The molecule has 0 aromatic heterocycles. The monoisotopic (exact) mass is 734 g/mol. The summed E-state index contributed by atoms with van der Waals surface area (Å²) in [5.74, 6) is 3.24. The molecule has 1 aliphatic heterocycles. The quantitative estimate of drug-likeness (QED) is 0.162. The minimum atomic E-state index is -0.863. The summed E-state index contributed by atoms with van der Waals surface area (Å²) < 4.78 is 19.1. The molecular weight excluding hydrogens is 681 g/mol. The number of methoxy groups -OCH3 is 2. The molecule has 5 aromatic carbocycles. The largest absolute Gasteiger partial charge is 0.497 e. The molecular formula is C50H54O3S. The number of fused-ring (bicyclic) bond motifs is 10. The summed E-state index contributed by atoms with van der Waals surface area (Å²) in [7, 11) is 3.45. The van der Waals surface area contributed by atoms with Gasteiger partial charge in [0.2, 0.25) is 0 Å². The van der Waals surface area contributed by atoms with Crippen molar-refractivity contribution in [3.8, 4) is 28.4 Å². The Kier molecular flexibility index (Phi) is 8.54. The van der Waals surface area contributed by atoms with E-state index < -0.39 is 5.60 Å². The van der Waals surface area contributed by atoms with E-state index in [4.69, 9.17) is 14.2 Å². The summed E-state index contributed by atoms with van der Waals surface area (Å²) in [4.78, 5) is 1.38. The molecule has 2 fully saturated rings. The average Bonchev–Trinajstić information content (AvgIpc) is 3.44. The van der Waals surface area contributed by atoms with Crippen molar-refractivity contribution in [3.63, 3.8) is 0 Å². The highest BCUT2D eigenvalue weighted by Crippen LogP contribution is 2.67. The Bertz CT molecular complexity index is 2210. The van der Waals surface area contributed by atoms with Crippen molar-refractivity contribution in [2.45, 2.75) is 101 Å². The van der Waals surface area contributed by atoms with Crippen LogP contribution in [0.4, 0.5) is 0 Å². The van der Waals surface area contributed by atoms with Crippen LogP contribution in [-0.2, 0) is 11.0 Å². The molecule has 0 amide bonds. The van der Waals surface area contributed by atoms with Gasteiger partial charge in [0.1, 0.15) is 17.2 Å². The molecule has 0 bridgehead atoms. The smallest absolute Gasteiger partial charge is 0.178 e. The minimum Gasteiger partial charge on any atom is -0.497 e. The van der Waals surface area contributed by atoms with E-state index in [2.05, 4.69) is 107 Å². The predicted octanol–water partition coefficient (Wildman–Crippen LogP) is 13.5. The van der Waals surface area contributed by atoms with E-state index in [1.807, 2.05) is 36.0 Å². The van der Waals surface area contributed by atoms with Gasteiger partial charge in [-0.3, -0.25) is 0 Å². The Morgan fingerprint density at radius 1 is 0.704 bits per heavy atom. The van der Waals surface area contributed by atoms with Crippen LogP contribution in [0.5, 0.6) is 17.2 Å². The summed E-state index contributed by atoms with van der Waals surface area (Å²) in [6, 6.07) is 31.4. The molecule has 1 spiro atoms. The van der Waals surface area contributed by atoms with Crippen LogP contribution >= 0.6 is 11.8 Å². The predicted molar refractivity (Wildman–Crippen MR) is 226 cm³/mol. The van der Waals surface area contributed by atoms with Gasteiger partial charge in [-0.1, -0.05) is 102 Å². The first-order valence-electron chi connectivity index (χ1n) is 20.0. The molecule has 4 aliphatic rings. The minimum absolute atomic E-state index is 0.132. The standard InChI is InChI=1S/C50H54O3S/c1-47(2)29-48(3,4)31-49(30-47)42-16-12-11-15-37(42)44-40-27-39(32-13-9-8-10-14-32)43(54-7)28-41(40)46-38(45(44)49)25-26-50(53-46,33-17-21-35(51-5)22-18-33)34-19-23-36(52-6)24-20-34/h11-12,15-28,32H,8-10,13-14,29-31H2,1-7H3. The maximum absolute atomic E-state index is 7.82. The van der Waals surface area contributed by atoms with Crippen LogP contribution in [-0.4, -0.2) is 20.5 Å². The molecule has 0 N–H and O–H groups in total. The van der Waals surface area contributed by atoms with E-state index in [9.17, 15) is 0 Å². The molecule has 54 heavy (non-hydrogen) atoms. The van der Waals surface area contributed by atoms with Gasteiger partial charge in [-0.25, -0.2) is 0 Å². The van der Waals surface area contributed by atoms with E-state index in [1.54, 1.807) is 14.2 Å². The third kappa shape index (κ3) is 5.53. The summed E-state index contributed by atoms with van der Waals surface area (Å²) in [6.45, 7) is 10.0. The highest BCUT2D eigenvalue weighted by molar-refractivity contribution is 7.98. The van der Waals surface area contributed by atoms with Gasteiger partial charge < -0.3 is 14.2 Å². The van der Waals surface area contributed by atoms with Crippen LogP contribution in [0.2, 0.25) is 0 Å². The summed E-state index contributed by atoms with van der Waals surface area (Å²) >= 11 is 1.89. The van der Waals surface area contributed by atoms with E-state index in [0.29, 0.717) is 5.92 Å². The Morgan fingerprint density at radius 2 is 1.31 bits per heavy atom. The van der Waals surface area contributed by atoms with Crippen LogP contribution in [0.3, 0.4) is 0 Å². The molecule has 9 rings (SSSR count). The van der Waals surface area contributed by atoms with E-state index in [0.717, 1.165) is 41.2 Å². The van der Waals surface area contributed by atoms with Gasteiger partial charge in [-0.2, -0.15) is 0 Å². The third-order valence-electron chi connectivity index (χ3n) is 13.2. The van der Waals surface area contributed by atoms with E-state index in [1.165, 1.54) is 87.6 Å². The van der Waals surface area contributed by atoms with Gasteiger partial charge in [0.15, 0.2) is 5.60 Å². The molecule has 1 heterocycles. The third-order valence-corrected chi connectivity index (χ3v) is 14.0. The maximum atomic E-state index is 7.82. The van der Waals surface area contributed by atoms with Crippen molar-refractivity contribution in [2.75, 3.05) is 20.5 Å². The average molecular weight is 735 g/mol. The van der Waals surface area contributed by atoms with Crippen molar-refractivity contribution in [3.05, 3.63) is 124 Å². The van der Waals surface area contributed by atoms with E-state index in [-0.39, 0.29) is 16.2 Å². The second-order valence-corrected chi connectivity index (χ2v) is 18.9. The molecule has 4 heteroatoms. The zero-order valence-corrected chi connectivity index (χ0v) is 33.9. The molecule has 2 saturated carbocycles. The number of benzene rings is 5. The van der Waals surface area contributed by atoms with Gasteiger partial charge >= 0.3 is 0 Å². The first-order valence-corrected chi connectivity index (χ1v) is 21.2. The van der Waals surface area contributed by atoms with E-state index >= 15 is 0 Å². The van der Waals surface area contributed by atoms with Crippen molar-refractivity contribution in [1.82, 2.24) is 0 Å². The molecule has 0 saturated heterocycles. The Balaban J connectivity index is 1.39. The van der Waals surface area contributed by atoms with Crippen molar-refractivity contribution in [2.24, 2.45) is 10.8 Å². The zero-order valence-electron chi connectivity index (χ0n) is 33.1. The van der Waals surface area contributed by atoms with Crippen LogP contribution in [0.15, 0.2) is 95.9 Å². The molecule has 3 nitrogen and oxygen atoms in total. The highest BCUT2D eigenvalue weighted by Gasteiger charge is 2.55. The number of ether oxygens (including phenoxy) is 3. The molecule has 0 unspecified atom stereocenters. The lowest BCUT2D eigenvalue weighted by molar-refractivity contribution is 0.0642. The van der Waals surface area contributed by atoms with Crippen LogP contribution in [0, 0.1) is 10.8 Å².